The van der Waals surface area contributed by atoms with Gasteiger partial charge in [-0.15, -0.1) is 0 Å². The van der Waals surface area contributed by atoms with Gasteiger partial charge < -0.3 is 39.0 Å². The Bertz CT molecular complexity index is 1390. The number of aromatic nitrogens is 1. The van der Waals surface area contributed by atoms with E-state index in [4.69, 9.17) is 33.8 Å². The number of carboxylic acids is 2. The number of benzene rings is 1. The number of aliphatic carboxylic acids is 2. The number of carbonyl (C=O) groups excluding carboxylic acids is 1. The van der Waals surface area contributed by atoms with Gasteiger partial charge in [-0.05, 0) is 49.9 Å². The average Bonchev–Trinajstić information content (AvgIpc) is 2.95. The molecular formula is C29H34N2O11. The van der Waals surface area contributed by atoms with Gasteiger partial charge in [0.05, 0.1) is 58.1 Å². The zero-order valence-electron chi connectivity index (χ0n) is 23.8. The number of fused-ring (bicyclic) bond motifs is 3. The minimum atomic E-state index is -2.77. The maximum atomic E-state index is 12.7. The van der Waals surface area contributed by atoms with E-state index in [9.17, 15) is 24.6 Å². The number of esters is 1. The van der Waals surface area contributed by atoms with Crippen LogP contribution in [0.15, 0.2) is 29.3 Å². The summed E-state index contributed by atoms with van der Waals surface area (Å²) in [6.45, 7) is 2.27. The van der Waals surface area contributed by atoms with Crippen LogP contribution in [0.2, 0.25) is 0 Å². The molecule has 1 aliphatic heterocycles. The first-order chi connectivity index (χ1) is 20.0. The summed E-state index contributed by atoms with van der Waals surface area (Å²) >= 11 is 0. The normalized spacial score (nSPS) is 20.6. The molecule has 1 fully saturated rings. The molecule has 2 heterocycles. The molecule has 3 N–H and O–H groups in total. The van der Waals surface area contributed by atoms with E-state index in [1.54, 1.807) is 13.2 Å². The fourth-order valence-corrected chi connectivity index (χ4v) is 5.48. The predicted molar refractivity (Wildman–Crippen MR) is 147 cm³/mol. The summed E-state index contributed by atoms with van der Waals surface area (Å²) in [5, 5.41) is 28.6. The van der Waals surface area contributed by atoms with Crippen molar-refractivity contribution in [2.24, 2.45) is 4.99 Å². The lowest BCUT2D eigenvalue weighted by Gasteiger charge is -2.39. The third kappa shape index (κ3) is 6.25. The molecule has 0 bridgehead atoms. The minimum absolute atomic E-state index is 0.194. The number of pyridine rings is 1. The quantitative estimate of drug-likeness (QED) is 0.310. The van der Waals surface area contributed by atoms with E-state index in [0.29, 0.717) is 60.4 Å². The summed E-state index contributed by atoms with van der Waals surface area (Å²) in [4.78, 5) is 44.7. The van der Waals surface area contributed by atoms with Gasteiger partial charge in [-0.1, -0.05) is 0 Å². The number of nitrogens with zero attached hydrogens (tertiary/aromatic N) is 2. The van der Waals surface area contributed by atoms with Crippen molar-refractivity contribution in [3.05, 3.63) is 41.0 Å². The van der Waals surface area contributed by atoms with Crippen LogP contribution < -0.4 is 18.9 Å². The highest BCUT2D eigenvalue weighted by atomic mass is 16.5. The molecule has 0 radical (unpaired) electrons. The average molecular weight is 587 g/mol. The van der Waals surface area contributed by atoms with E-state index >= 15 is 0 Å². The molecule has 1 saturated carbocycles. The van der Waals surface area contributed by atoms with Crippen LogP contribution >= 0.6 is 0 Å². The molecule has 2 aromatic rings. The highest BCUT2D eigenvalue weighted by Gasteiger charge is 2.43. The van der Waals surface area contributed by atoms with Crippen molar-refractivity contribution >= 4 is 23.6 Å². The number of aliphatic imine (C=N–C) groups is 1. The lowest BCUT2D eigenvalue weighted by atomic mass is 9.74. The predicted octanol–water partition coefficient (Wildman–Crippen LogP) is 2.59. The summed E-state index contributed by atoms with van der Waals surface area (Å²) in [7, 11) is 4.57. The summed E-state index contributed by atoms with van der Waals surface area (Å²) < 4.78 is 27.9. The van der Waals surface area contributed by atoms with Crippen molar-refractivity contribution in [3.8, 4) is 23.3 Å². The van der Waals surface area contributed by atoms with Gasteiger partial charge in [0, 0.05) is 17.5 Å². The summed E-state index contributed by atoms with van der Waals surface area (Å²) in [5.74, 6) is -2.79. The highest BCUT2D eigenvalue weighted by molar-refractivity contribution is 6.16. The second-order valence-corrected chi connectivity index (χ2v) is 10.1. The first kappa shape index (κ1) is 30.6. The third-order valence-corrected chi connectivity index (χ3v) is 7.42. The van der Waals surface area contributed by atoms with Crippen molar-refractivity contribution in [2.45, 2.75) is 62.7 Å². The Hall–Kier alpha value is -4.39. The topological polar surface area (TPSA) is 183 Å². The second-order valence-electron chi connectivity index (χ2n) is 10.1. The molecule has 2 aliphatic rings. The summed E-state index contributed by atoms with van der Waals surface area (Å²) in [5.41, 5.74) is 0.182. The maximum Gasteiger partial charge on any atom is 0.336 e. The van der Waals surface area contributed by atoms with Gasteiger partial charge >= 0.3 is 17.9 Å². The maximum absolute atomic E-state index is 12.7. The fourth-order valence-electron chi connectivity index (χ4n) is 5.48. The Balaban J connectivity index is 1.68. The molecule has 1 aliphatic carbocycles. The molecular weight excluding hydrogens is 552 g/mol. The van der Waals surface area contributed by atoms with Gasteiger partial charge in [0.1, 0.15) is 6.10 Å². The van der Waals surface area contributed by atoms with Gasteiger partial charge in [0.15, 0.2) is 17.1 Å². The van der Waals surface area contributed by atoms with Crippen LogP contribution in [0.4, 0.5) is 0 Å². The molecule has 13 heteroatoms. The van der Waals surface area contributed by atoms with Gasteiger partial charge in [0.25, 0.3) is 0 Å². The largest absolute Gasteiger partial charge is 0.493 e. The number of carboxylic acid groups (broad SMARTS) is 2. The van der Waals surface area contributed by atoms with Crippen molar-refractivity contribution < 1.29 is 53.4 Å². The number of methoxy groups -OCH3 is 3. The van der Waals surface area contributed by atoms with Crippen LogP contribution in [-0.2, 0) is 19.1 Å². The molecule has 226 valence electrons. The number of aliphatic hydroxyl groups is 1. The van der Waals surface area contributed by atoms with Crippen LogP contribution in [-0.4, -0.2) is 89.6 Å². The Kier molecular flexibility index (Phi) is 9.20. The van der Waals surface area contributed by atoms with Crippen molar-refractivity contribution in [1.82, 2.24) is 4.98 Å². The van der Waals surface area contributed by atoms with E-state index in [1.807, 2.05) is 25.1 Å². The first-order valence-electron chi connectivity index (χ1n) is 13.4. The number of rotatable bonds is 12. The Morgan fingerprint density at radius 1 is 0.976 bits per heavy atom. The zero-order valence-corrected chi connectivity index (χ0v) is 23.8. The molecule has 0 amide bonds. The molecule has 13 nitrogen and oxygen atoms in total. The molecule has 1 aromatic carbocycles. The lowest BCUT2D eigenvalue weighted by molar-refractivity contribution is -0.174. The molecule has 0 spiro atoms. The van der Waals surface area contributed by atoms with Gasteiger partial charge in [-0.2, -0.15) is 4.98 Å². The molecule has 4 rings (SSSR count). The van der Waals surface area contributed by atoms with Crippen molar-refractivity contribution in [3.63, 3.8) is 0 Å². The Labute approximate surface area is 242 Å². The Morgan fingerprint density at radius 3 is 2.36 bits per heavy atom. The third-order valence-electron chi connectivity index (χ3n) is 7.42. The van der Waals surface area contributed by atoms with Crippen LogP contribution in [0.25, 0.3) is 0 Å². The van der Waals surface area contributed by atoms with E-state index in [1.165, 1.54) is 14.2 Å². The number of carbonyl (C=O) groups is 3. The van der Waals surface area contributed by atoms with E-state index in [2.05, 4.69) is 4.98 Å². The molecule has 0 saturated heterocycles. The van der Waals surface area contributed by atoms with Crippen molar-refractivity contribution in [1.29, 1.82) is 0 Å². The molecule has 4 atom stereocenters. The second kappa shape index (κ2) is 12.6. The smallest absolute Gasteiger partial charge is 0.336 e. The number of hydrogen-bond donors (Lipinski definition) is 3. The van der Waals surface area contributed by atoms with E-state index in [0.717, 1.165) is 11.1 Å². The van der Waals surface area contributed by atoms with Crippen LogP contribution in [0, 0.1) is 0 Å². The molecule has 1 aromatic heterocycles. The van der Waals surface area contributed by atoms with Crippen LogP contribution in [0.1, 0.15) is 61.6 Å². The Morgan fingerprint density at radius 2 is 1.74 bits per heavy atom. The highest BCUT2D eigenvalue weighted by Crippen LogP contribution is 2.46. The van der Waals surface area contributed by atoms with E-state index in [-0.39, 0.29) is 12.0 Å². The lowest BCUT2D eigenvalue weighted by Crippen LogP contribution is -2.44. The van der Waals surface area contributed by atoms with Gasteiger partial charge in [-0.3, -0.25) is 14.6 Å². The van der Waals surface area contributed by atoms with Crippen molar-refractivity contribution in [2.75, 3.05) is 27.9 Å². The standard InChI is InChI=1S/C29H34N2O11/c1-5-41-22-11-17-18-10-15(42-25(34)14-29(37,28(35)36)13-24(32)33)6-8-20(18)30-26(19(17)12-21(22)38-2)16-7-9-23(39-3)31-27(16)40-4/h7,9,11-12,15,18,20,37H,5-6,8,10,13-14H2,1-4H3,(H,32,33)(H,35,36)/t15-,18-,20-,29?/m1/s1. The first-order valence-corrected chi connectivity index (χ1v) is 13.4. The fraction of sp³-hybridized carbons (Fsp3) is 0.483. The van der Waals surface area contributed by atoms with Gasteiger partial charge in [-0.25, -0.2) is 4.79 Å². The van der Waals surface area contributed by atoms with Crippen LogP contribution in [0.3, 0.4) is 0 Å². The van der Waals surface area contributed by atoms with Crippen LogP contribution in [0.5, 0.6) is 23.3 Å². The summed E-state index contributed by atoms with van der Waals surface area (Å²) in [6, 6.07) is 7.09. The van der Waals surface area contributed by atoms with E-state index < -0.39 is 42.5 Å². The van der Waals surface area contributed by atoms with Gasteiger partial charge in [0.2, 0.25) is 11.8 Å². The SMILES string of the molecule is CCOc1cc2c(cc1OC)C(c1ccc(OC)nc1OC)=N[C@@H]1CC[C@@H](OC(=O)CC(O)(CC(=O)O)C(=O)O)C[C@H]21. The molecule has 1 unspecified atom stereocenters. The number of hydrogen-bond acceptors (Lipinski definition) is 11. The zero-order chi connectivity index (χ0) is 30.6. The summed E-state index contributed by atoms with van der Waals surface area (Å²) in [6.07, 6.45) is -1.42. The number of ether oxygens (including phenoxy) is 5. The minimum Gasteiger partial charge on any atom is -0.493 e. The molecule has 42 heavy (non-hydrogen) atoms. The monoisotopic (exact) mass is 586 g/mol.